The minimum absolute atomic E-state index is 0.524. The third-order valence-corrected chi connectivity index (χ3v) is 2.70. The van der Waals surface area contributed by atoms with Gasteiger partial charge >= 0.3 is 7.32 Å². The Morgan fingerprint density at radius 1 is 0.882 bits per heavy atom. The largest absolute Gasteiger partial charge is 0.785 e. The van der Waals surface area contributed by atoms with Crippen LogP contribution in [0.4, 0.5) is 0 Å². The first-order valence-corrected chi connectivity index (χ1v) is 5.86. The van der Waals surface area contributed by atoms with Crippen molar-refractivity contribution in [3.63, 3.8) is 0 Å². The van der Waals surface area contributed by atoms with E-state index in [0.717, 1.165) is 4.47 Å². The fourth-order valence-electron chi connectivity index (χ4n) is 1.29. The number of hydrogen-bond acceptors (Lipinski definition) is 3. The lowest BCUT2D eigenvalue weighted by molar-refractivity contribution is 0.297. The molecule has 5 heteroatoms. The predicted molar refractivity (Wildman–Crippen MR) is 69.8 cm³/mol. The molecule has 2 rings (SSSR count). The minimum Gasteiger partial charge on any atom is -0.501 e. The van der Waals surface area contributed by atoms with Gasteiger partial charge in [-0.1, -0.05) is 30.3 Å². The lowest BCUT2D eigenvalue weighted by Crippen LogP contribution is -2.29. The molecular formula is C12H10BBrO3. The summed E-state index contributed by atoms with van der Waals surface area (Å²) in [6.07, 6.45) is 0. The summed E-state index contributed by atoms with van der Waals surface area (Å²) in [5, 5.41) is 9.62. The van der Waals surface area contributed by atoms with Crippen molar-refractivity contribution < 1.29 is 14.3 Å². The summed E-state index contributed by atoms with van der Waals surface area (Å²) in [4.78, 5) is 0. The SMILES string of the molecule is OB(Oc1ccccc1)Oc1ccccc1Br. The summed E-state index contributed by atoms with van der Waals surface area (Å²) in [7, 11) is -1.34. The van der Waals surface area contributed by atoms with E-state index in [2.05, 4.69) is 15.9 Å². The van der Waals surface area contributed by atoms with E-state index in [9.17, 15) is 5.02 Å². The van der Waals surface area contributed by atoms with E-state index in [-0.39, 0.29) is 0 Å². The third-order valence-electron chi connectivity index (χ3n) is 2.04. The molecule has 0 unspecified atom stereocenters. The van der Waals surface area contributed by atoms with Crippen LogP contribution in [0.15, 0.2) is 59.1 Å². The summed E-state index contributed by atoms with van der Waals surface area (Å²) in [5.74, 6) is 1.07. The Bertz CT molecular complexity index is 478. The van der Waals surface area contributed by atoms with Crippen molar-refractivity contribution in [1.82, 2.24) is 0 Å². The van der Waals surface area contributed by atoms with E-state index in [1.165, 1.54) is 0 Å². The van der Waals surface area contributed by atoms with E-state index in [4.69, 9.17) is 9.31 Å². The van der Waals surface area contributed by atoms with Crippen LogP contribution < -0.4 is 9.31 Å². The second-order valence-electron chi connectivity index (χ2n) is 3.29. The van der Waals surface area contributed by atoms with Gasteiger partial charge in [0, 0.05) is 0 Å². The van der Waals surface area contributed by atoms with Gasteiger partial charge in [0.2, 0.25) is 0 Å². The van der Waals surface area contributed by atoms with Gasteiger partial charge in [0.15, 0.2) is 0 Å². The molecule has 0 saturated carbocycles. The van der Waals surface area contributed by atoms with Crippen LogP contribution in [0.3, 0.4) is 0 Å². The zero-order chi connectivity index (χ0) is 12.1. The molecular weight excluding hydrogens is 283 g/mol. The second-order valence-corrected chi connectivity index (χ2v) is 4.14. The molecule has 3 nitrogen and oxygen atoms in total. The highest BCUT2D eigenvalue weighted by molar-refractivity contribution is 9.10. The predicted octanol–water partition coefficient (Wildman–Crippen LogP) is 2.88. The molecule has 0 bridgehead atoms. The van der Waals surface area contributed by atoms with Crippen LogP contribution in [0.5, 0.6) is 11.5 Å². The number of rotatable bonds is 4. The maximum Gasteiger partial charge on any atom is 0.785 e. The molecule has 0 aliphatic heterocycles. The number of para-hydroxylation sites is 2. The first-order valence-electron chi connectivity index (χ1n) is 5.06. The molecule has 0 radical (unpaired) electrons. The molecule has 2 aromatic carbocycles. The van der Waals surface area contributed by atoms with Gasteiger partial charge in [-0.25, -0.2) is 0 Å². The molecule has 0 aliphatic carbocycles. The maximum absolute atomic E-state index is 9.62. The van der Waals surface area contributed by atoms with Crippen molar-refractivity contribution in [1.29, 1.82) is 0 Å². The monoisotopic (exact) mass is 292 g/mol. The van der Waals surface area contributed by atoms with E-state index in [1.807, 2.05) is 36.4 Å². The maximum atomic E-state index is 9.62. The highest BCUT2D eigenvalue weighted by Gasteiger charge is 2.21. The van der Waals surface area contributed by atoms with Crippen LogP contribution in [-0.4, -0.2) is 12.3 Å². The van der Waals surface area contributed by atoms with E-state index >= 15 is 0 Å². The molecule has 1 N–H and O–H groups in total. The molecule has 0 heterocycles. The molecule has 86 valence electrons. The normalized spacial score (nSPS) is 9.76. The van der Waals surface area contributed by atoms with Gasteiger partial charge in [-0.15, -0.1) is 0 Å². The Kier molecular flexibility index (Phi) is 4.06. The Hall–Kier alpha value is -1.46. The summed E-state index contributed by atoms with van der Waals surface area (Å²) < 4.78 is 11.2. The lowest BCUT2D eigenvalue weighted by atomic mass is 10.2. The lowest BCUT2D eigenvalue weighted by Gasteiger charge is -2.11. The van der Waals surface area contributed by atoms with Crippen LogP contribution in [0.25, 0.3) is 0 Å². The van der Waals surface area contributed by atoms with Crippen LogP contribution in [0, 0.1) is 0 Å². The van der Waals surface area contributed by atoms with Crippen LogP contribution >= 0.6 is 15.9 Å². The molecule has 2 aromatic rings. The number of benzene rings is 2. The van der Waals surface area contributed by atoms with Gasteiger partial charge in [0.25, 0.3) is 0 Å². The Balaban J connectivity index is 1.98. The summed E-state index contributed by atoms with van der Waals surface area (Å²) in [6.45, 7) is 0. The first kappa shape index (κ1) is 12.0. The zero-order valence-electron chi connectivity index (χ0n) is 8.92. The molecule has 0 fully saturated rings. The summed E-state index contributed by atoms with van der Waals surface area (Å²) in [5.41, 5.74) is 0. The topological polar surface area (TPSA) is 38.7 Å². The Morgan fingerprint density at radius 3 is 2.24 bits per heavy atom. The van der Waals surface area contributed by atoms with Gasteiger partial charge in [-0.05, 0) is 40.2 Å². The molecule has 17 heavy (non-hydrogen) atoms. The van der Waals surface area contributed by atoms with Crippen molar-refractivity contribution >= 4 is 23.3 Å². The van der Waals surface area contributed by atoms with Crippen LogP contribution in [0.1, 0.15) is 0 Å². The standard InChI is InChI=1S/C12H10BBrO3/c14-11-8-4-5-9-12(11)17-13(15)16-10-6-2-1-3-7-10/h1-9,15H. The van der Waals surface area contributed by atoms with Gasteiger partial charge in [-0.3, -0.25) is 0 Å². The van der Waals surface area contributed by atoms with Gasteiger partial charge in [0.05, 0.1) is 4.47 Å². The quantitative estimate of drug-likeness (QED) is 0.881. The molecule has 0 aromatic heterocycles. The van der Waals surface area contributed by atoms with Crippen molar-refractivity contribution in [2.24, 2.45) is 0 Å². The van der Waals surface area contributed by atoms with Gasteiger partial charge < -0.3 is 14.3 Å². The molecule has 0 atom stereocenters. The highest BCUT2D eigenvalue weighted by Crippen LogP contribution is 2.24. The average Bonchev–Trinajstić information content (AvgIpc) is 2.33. The molecule has 0 saturated heterocycles. The molecule has 0 aliphatic rings. The summed E-state index contributed by atoms with van der Waals surface area (Å²) >= 11 is 3.32. The highest BCUT2D eigenvalue weighted by atomic mass is 79.9. The van der Waals surface area contributed by atoms with Crippen molar-refractivity contribution in [2.75, 3.05) is 0 Å². The van der Waals surface area contributed by atoms with Gasteiger partial charge in [0.1, 0.15) is 11.5 Å². The number of halogens is 1. The zero-order valence-corrected chi connectivity index (χ0v) is 10.5. The van der Waals surface area contributed by atoms with Crippen molar-refractivity contribution in [3.05, 3.63) is 59.1 Å². The molecule has 0 amide bonds. The molecule has 0 spiro atoms. The van der Waals surface area contributed by atoms with Crippen molar-refractivity contribution in [3.8, 4) is 11.5 Å². The second kappa shape index (κ2) is 5.75. The first-order chi connectivity index (χ1) is 8.25. The Labute approximate surface area is 108 Å². The summed E-state index contributed by atoms with van der Waals surface area (Å²) in [6, 6.07) is 16.2. The smallest absolute Gasteiger partial charge is 0.501 e. The fourth-order valence-corrected chi connectivity index (χ4v) is 1.67. The average molecular weight is 293 g/mol. The van der Waals surface area contributed by atoms with Crippen LogP contribution in [0.2, 0.25) is 0 Å². The fraction of sp³-hybridized carbons (Fsp3) is 0. The number of hydrogen-bond donors (Lipinski definition) is 1. The minimum atomic E-state index is -1.34. The van der Waals surface area contributed by atoms with E-state index in [1.54, 1.807) is 18.2 Å². The van der Waals surface area contributed by atoms with E-state index < -0.39 is 7.32 Å². The van der Waals surface area contributed by atoms with Gasteiger partial charge in [-0.2, -0.15) is 0 Å². The van der Waals surface area contributed by atoms with Crippen LogP contribution in [-0.2, 0) is 0 Å². The van der Waals surface area contributed by atoms with E-state index in [0.29, 0.717) is 11.5 Å². The third kappa shape index (κ3) is 3.51. The Morgan fingerprint density at radius 2 is 1.53 bits per heavy atom. The van der Waals surface area contributed by atoms with Crippen molar-refractivity contribution in [2.45, 2.75) is 0 Å².